The maximum Gasteiger partial charge on any atom is 0.0624 e. The number of hydrogen-bond donors (Lipinski definition) is 0. The third kappa shape index (κ3) is 3.03. The van der Waals surface area contributed by atoms with E-state index in [1.54, 1.807) is 0 Å². The van der Waals surface area contributed by atoms with Gasteiger partial charge in [-0.3, -0.25) is 4.68 Å². The third-order valence-corrected chi connectivity index (χ3v) is 2.47. The number of aryl methyl sites for hydroxylation is 3. The molecule has 3 heteroatoms. The number of halogens is 1. The second kappa shape index (κ2) is 5.28. The highest BCUT2D eigenvalue weighted by atomic mass is 35.5. The fourth-order valence-electron chi connectivity index (χ4n) is 1.38. The SMILES string of the molecule is CCc1cc(CCCCCl)n(C)n1. The van der Waals surface area contributed by atoms with Crippen LogP contribution in [0.4, 0.5) is 0 Å². The van der Waals surface area contributed by atoms with Crippen molar-refractivity contribution >= 4 is 11.6 Å². The van der Waals surface area contributed by atoms with Crippen molar-refractivity contribution in [2.24, 2.45) is 7.05 Å². The van der Waals surface area contributed by atoms with Crippen molar-refractivity contribution in [3.05, 3.63) is 17.5 Å². The summed E-state index contributed by atoms with van der Waals surface area (Å²) in [5.41, 5.74) is 2.50. The Morgan fingerprint density at radius 1 is 1.46 bits per heavy atom. The molecule has 1 heterocycles. The summed E-state index contributed by atoms with van der Waals surface area (Å²) in [5, 5.41) is 4.39. The van der Waals surface area contributed by atoms with Gasteiger partial charge in [-0.05, 0) is 31.7 Å². The fourth-order valence-corrected chi connectivity index (χ4v) is 1.57. The number of nitrogens with zero attached hydrogens (tertiary/aromatic N) is 2. The normalized spacial score (nSPS) is 10.7. The number of unbranched alkanes of at least 4 members (excludes halogenated alkanes) is 1. The number of rotatable bonds is 5. The highest BCUT2D eigenvalue weighted by molar-refractivity contribution is 6.17. The predicted molar refractivity (Wildman–Crippen MR) is 56.2 cm³/mol. The maximum absolute atomic E-state index is 5.62. The summed E-state index contributed by atoms with van der Waals surface area (Å²) in [6, 6.07) is 2.19. The molecule has 0 amide bonds. The molecular weight excluding hydrogens is 184 g/mol. The molecule has 0 bridgehead atoms. The van der Waals surface area contributed by atoms with Crippen molar-refractivity contribution in [1.29, 1.82) is 0 Å². The molecule has 1 rings (SSSR count). The smallest absolute Gasteiger partial charge is 0.0624 e. The van der Waals surface area contributed by atoms with Gasteiger partial charge in [0.25, 0.3) is 0 Å². The summed E-state index contributed by atoms with van der Waals surface area (Å²) in [6.07, 6.45) is 4.36. The Labute approximate surface area is 84.9 Å². The molecule has 0 N–H and O–H groups in total. The van der Waals surface area contributed by atoms with E-state index in [1.807, 2.05) is 11.7 Å². The molecule has 0 aromatic carbocycles. The molecular formula is C10H17ClN2. The summed E-state index contributed by atoms with van der Waals surface area (Å²) in [5.74, 6) is 0.762. The molecule has 0 saturated heterocycles. The van der Waals surface area contributed by atoms with E-state index in [1.165, 1.54) is 11.4 Å². The minimum atomic E-state index is 0.762. The van der Waals surface area contributed by atoms with Crippen molar-refractivity contribution in [2.75, 3.05) is 5.88 Å². The summed E-state index contributed by atoms with van der Waals surface area (Å²) in [4.78, 5) is 0. The molecule has 0 fully saturated rings. The first-order valence-corrected chi connectivity index (χ1v) is 5.39. The van der Waals surface area contributed by atoms with Gasteiger partial charge in [-0.2, -0.15) is 5.10 Å². The van der Waals surface area contributed by atoms with Crippen molar-refractivity contribution in [3.8, 4) is 0 Å². The van der Waals surface area contributed by atoms with Crippen molar-refractivity contribution in [1.82, 2.24) is 9.78 Å². The fraction of sp³-hybridized carbons (Fsp3) is 0.700. The van der Waals surface area contributed by atoms with E-state index in [2.05, 4.69) is 18.1 Å². The van der Waals surface area contributed by atoms with Crippen LogP contribution in [0.25, 0.3) is 0 Å². The predicted octanol–water partition coefficient (Wildman–Crippen LogP) is 2.54. The first kappa shape index (κ1) is 10.6. The van der Waals surface area contributed by atoms with Gasteiger partial charge >= 0.3 is 0 Å². The third-order valence-electron chi connectivity index (χ3n) is 2.21. The zero-order valence-corrected chi connectivity index (χ0v) is 9.14. The molecule has 0 spiro atoms. The van der Waals surface area contributed by atoms with Crippen molar-refractivity contribution < 1.29 is 0 Å². The molecule has 0 atom stereocenters. The summed E-state index contributed by atoms with van der Waals surface area (Å²) < 4.78 is 1.98. The summed E-state index contributed by atoms with van der Waals surface area (Å²) >= 11 is 5.62. The molecule has 0 aliphatic heterocycles. The van der Waals surface area contributed by atoms with Gasteiger partial charge in [0.2, 0.25) is 0 Å². The average molecular weight is 201 g/mol. The monoisotopic (exact) mass is 200 g/mol. The minimum Gasteiger partial charge on any atom is -0.272 e. The van der Waals surface area contributed by atoms with E-state index in [-0.39, 0.29) is 0 Å². The zero-order valence-electron chi connectivity index (χ0n) is 8.39. The first-order chi connectivity index (χ1) is 6.27. The van der Waals surface area contributed by atoms with E-state index in [0.717, 1.165) is 31.6 Å². The molecule has 1 aromatic rings. The lowest BCUT2D eigenvalue weighted by molar-refractivity contribution is 0.670. The van der Waals surface area contributed by atoms with Gasteiger partial charge in [0.1, 0.15) is 0 Å². The first-order valence-electron chi connectivity index (χ1n) is 4.85. The van der Waals surface area contributed by atoms with E-state index in [0.29, 0.717) is 0 Å². The molecule has 0 saturated carbocycles. The second-order valence-corrected chi connectivity index (χ2v) is 3.63. The molecule has 0 unspecified atom stereocenters. The lowest BCUT2D eigenvalue weighted by Crippen LogP contribution is -1.98. The van der Waals surface area contributed by atoms with E-state index in [9.17, 15) is 0 Å². The Morgan fingerprint density at radius 2 is 2.23 bits per heavy atom. The second-order valence-electron chi connectivity index (χ2n) is 3.25. The zero-order chi connectivity index (χ0) is 9.68. The van der Waals surface area contributed by atoms with Gasteiger partial charge in [-0.15, -0.1) is 11.6 Å². The topological polar surface area (TPSA) is 17.8 Å². The maximum atomic E-state index is 5.62. The van der Waals surface area contributed by atoms with Crippen LogP contribution in [0.1, 0.15) is 31.2 Å². The van der Waals surface area contributed by atoms with Crippen LogP contribution in [0.15, 0.2) is 6.07 Å². The van der Waals surface area contributed by atoms with Gasteiger partial charge in [0.15, 0.2) is 0 Å². The standard InChI is InChI=1S/C10H17ClN2/c1-3-9-8-10(13(2)12-9)6-4-5-7-11/h8H,3-7H2,1-2H3. The number of aromatic nitrogens is 2. The van der Waals surface area contributed by atoms with Gasteiger partial charge in [0.05, 0.1) is 5.69 Å². The largest absolute Gasteiger partial charge is 0.272 e. The Hall–Kier alpha value is -0.500. The van der Waals surface area contributed by atoms with Crippen LogP contribution < -0.4 is 0 Å². The van der Waals surface area contributed by atoms with E-state index >= 15 is 0 Å². The lowest BCUT2D eigenvalue weighted by Gasteiger charge is -1.99. The number of hydrogen-bond acceptors (Lipinski definition) is 1. The highest BCUT2D eigenvalue weighted by Gasteiger charge is 2.02. The van der Waals surface area contributed by atoms with E-state index < -0.39 is 0 Å². The average Bonchev–Trinajstić information content (AvgIpc) is 2.48. The van der Waals surface area contributed by atoms with Crippen LogP contribution >= 0.6 is 11.6 Å². The Kier molecular flexibility index (Phi) is 4.29. The summed E-state index contributed by atoms with van der Waals surface area (Å²) in [7, 11) is 2.01. The number of alkyl halides is 1. The molecule has 13 heavy (non-hydrogen) atoms. The van der Waals surface area contributed by atoms with Gasteiger partial charge in [-0.25, -0.2) is 0 Å². The molecule has 74 valence electrons. The molecule has 0 radical (unpaired) electrons. The van der Waals surface area contributed by atoms with Crippen LogP contribution in [0, 0.1) is 0 Å². The Bertz CT molecular complexity index is 255. The van der Waals surface area contributed by atoms with Crippen LogP contribution in [-0.2, 0) is 19.9 Å². The molecule has 1 aromatic heterocycles. The molecule has 0 aliphatic rings. The minimum absolute atomic E-state index is 0.762. The molecule has 0 aliphatic carbocycles. The Morgan fingerprint density at radius 3 is 2.77 bits per heavy atom. The van der Waals surface area contributed by atoms with Crippen LogP contribution in [0.5, 0.6) is 0 Å². The van der Waals surface area contributed by atoms with Crippen molar-refractivity contribution in [2.45, 2.75) is 32.6 Å². The Balaban J connectivity index is 2.50. The van der Waals surface area contributed by atoms with Gasteiger partial charge in [0, 0.05) is 18.6 Å². The highest BCUT2D eigenvalue weighted by Crippen LogP contribution is 2.08. The van der Waals surface area contributed by atoms with Crippen LogP contribution in [-0.4, -0.2) is 15.7 Å². The quantitative estimate of drug-likeness (QED) is 0.528. The van der Waals surface area contributed by atoms with Gasteiger partial charge in [-0.1, -0.05) is 6.92 Å². The summed E-state index contributed by atoms with van der Waals surface area (Å²) in [6.45, 7) is 2.13. The molecule has 2 nitrogen and oxygen atoms in total. The lowest BCUT2D eigenvalue weighted by atomic mass is 10.2. The van der Waals surface area contributed by atoms with Crippen LogP contribution in [0.2, 0.25) is 0 Å². The van der Waals surface area contributed by atoms with E-state index in [4.69, 9.17) is 11.6 Å². The van der Waals surface area contributed by atoms with Gasteiger partial charge < -0.3 is 0 Å². The van der Waals surface area contributed by atoms with Crippen LogP contribution in [0.3, 0.4) is 0 Å². The van der Waals surface area contributed by atoms with Crippen molar-refractivity contribution in [3.63, 3.8) is 0 Å².